The molecule has 1 N–H and O–H groups in total. The highest BCUT2D eigenvalue weighted by Gasteiger charge is 2.34. The van der Waals surface area contributed by atoms with Crippen LogP contribution < -0.4 is 0 Å². The van der Waals surface area contributed by atoms with E-state index in [1.165, 1.54) is 0 Å². The lowest BCUT2D eigenvalue weighted by Gasteiger charge is -2.19. The Morgan fingerprint density at radius 3 is 2.21 bits per heavy atom. The molecule has 1 saturated carbocycles. The lowest BCUT2D eigenvalue weighted by Crippen LogP contribution is -2.24. The number of fused-ring (bicyclic) bond motifs is 1. The summed E-state index contributed by atoms with van der Waals surface area (Å²) in [6.45, 7) is 0. The molecule has 0 saturated heterocycles. The fourth-order valence-corrected chi connectivity index (χ4v) is 2.32. The molecular weight excluding hydrogens is 240 g/mol. The Bertz CT molecular complexity index is 577. The Kier molecular flexibility index (Phi) is 2.97. The van der Waals surface area contributed by atoms with Gasteiger partial charge >= 0.3 is 0 Å². The van der Waals surface area contributed by atoms with Crippen molar-refractivity contribution in [3.8, 4) is 0 Å². The van der Waals surface area contributed by atoms with Crippen LogP contribution in [0.3, 0.4) is 0 Å². The molecule has 1 aromatic carbocycles. The number of hydrogen-bond acceptors (Lipinski definition) is 3. The number of aliphatic hydroxyl groups is 1. The third kappa shape index (κ3) is 1.99. The van der Waals surface area contributed by atoms with Gasteiger partial charge in [0.1, 0.15) is 5.76 Å². The molecule has 3 nitrogen and oxygen atoms in total. The van der Waals surface area contributed by atoms with Crippen molar-refractivity contribution in [2.75, 3.05) is 0 Å². The maximum Gasteiger partial charge on any atom is 0.234 e. The number of allylic oxidation sites excluding steroid dienone is 1. The van der Waals surface area contributed by atoms with E-state index >= 15 is 0 Å². The van der Waals surface area contributed by atoms with Crippen molar-refractivity contribution >= 4 is 17.3 Å². The number of ketones is 2. The van der Waals surface area contributed by atoms with Crippen LogP contribution in [-0.4, -0.2) is 16.7 Å². The first-order valence-electron chi connectivity index (χ1n) is 5.99. The van der Waals surface area contributed by atoms with Gasteiger partial charge < -0.3 is 5.11 Å². The monoisotopic (exact) mass is 251 g/mol. The standard InChI is InChI=1S/C16H11O3/c17-14-11-7-3-4-8-12(11)15(18)16(19)13(14)9-10-5-1-2-6-10/h1-8,17H,9H2. The highest BCUT2D eigenvalue weighted by Crippen LogP contribution is 2.35. The molecule has 5 radical (unpaired) electrons. The average molecular weight is 251 g/mol. The molecule has 3 heteroatoms. The van der Waals surface area contributed by atoms with Crippen molar-refractivity contribution < 1.29 is 14.7 Å². The van der Waals surface area contributed by atoms with Crippen molar-refractivity contribution in [1.82, 2.24) is 0 Å². The van der Waals surface area contributed by atoms with Gasteiger partial charge in [0.2, 0.25) is 11.6 Å². The van der Waals surface area contributed by atoms with Crippen molar-refractivity contribution in [2.24, 2.45) is 0 Å². The summed E-state index contributed by atoms with van der Waals surface area (Å²) >= 11 is 0. The number of carbonyl (C=O) groups is 2. The maximum absolute atomic E-state index is 12.1. The molecule has 0 heterocycles. The maximum atomic E-state index is 12.1. The topological polar surface area (TPSA) is 54.4 Å². The number of Topliss-reactive ketones (excluding diaryl/α,β-unsaturated/α-hetero) is 2. The minimum atomic E-state index is -0.614. The predicted octanol–water partition coefficient (Wildman–Crippen LogP) is 2.52. The Hall–Kier alpha value is -1.90. The molecule has 0 bridgehead atoms. The van der Waals surface area contributed by atoms with E-state index in [0.29, 0.717) is 5.56 Å². The smallest absolute Gasteiger partial charge is 0.234 e. The van der Waals surface area contributed by atoms with E-state index in [4.69, 9.17) is 0 Å². The molecule has 2 aliphatic carbocycles. The van der Waals surface area contributed by atoms with Crippen LogP contribution in [0.5, 0.6) is 0 Å². The summed E-state index contributed by atoms with van der Waals surface area (Å²) in [4.78, 5) is 24.1. The van der Waals surface area contributed by atoms with E-state index in [0.717, 1.165) is 5.92 Å². The third-order valence-electron chi connectivity index (χ3n) is 3.31. The minimum Gasteiger partial charge on any atom is -0.507 e. The van der Waals surface area contributed by atoms with Crippen LogP contribution in [0.1, 0.15) is 22.3 Å². The lowest BCUT2D eigenvalue weighted by molar-refractivity contribution is -0.112. The van der Waals surface area contributed by atoms with Gasteiger partial charge in [0.15, 0.2) is 0 Å². The normalized spacial score (nSPS) is 20.0. The summed E-state index contributed by atoms with van der Waals surface area (Å²) in [6, 6.07) is 6.63. The second-order valence-corrected chi connectivity index (χ2v) is 4.50. The molecule has 1 fully saturated rings. The quantitative estimate of drug-likeness (QED) is 0.822. The van der Waals surface area contributed by atoms with Crippen LogP contribution in [0.2, 0.25) is 0 Å². The second-order valence-electron chi connectivity index (χ2n) is 4.50. The summed E-state index contributed by atoms with van der Waals surface area (Å²) < 4.78 is 0. The molecule has 93 valence electrons. The zero-order chi connectivity index (χ0) is 13.4. The molecule has 2 aliphatic rings. The Morgan fingerprint density at radius 2 is 1.53 bits per heavy atom. The van der Waals surface area contributed by atoms with E-state index in [1.54, 1.807) is 24.3 Å². The molecule has 0 atom stereocenters. The zero-order valence-electron chi connectivity index (χ0n) is 10.1. The molecule has 19 heavy (non-hydrogen) atoms. The minimum absolute atomic E-state index is 0.0820. The molecule has 0 amide bonds. The number of hydrogen-bond donors (Lipinski definition) is 1. The van der Waals surface area contributed by atoms with E-state index in [-0.39, 0.29) is 23.3 Å². The molecule has 0 spiro atoms. The van der Waals surface area contributed by atoms with Crippen LogP contribution in [0.15, 0.2) is 29.8 Å². The summed E-state index contributed by atoms with van der Waals surface area (Å²) in [5.41, 5.74) is 0.889. The van der Waals surface area contributed by atoms with E-state index in [1.807, 2.05) is 25.7 Å². The Balaban J connectivity index is 2.02. The summed E-state index contributed by atoms with van der Waals surface area (Å²) in [7, 11) is 0. The van der Waals surface area contributed by atoms with Gasteiger partial charge in [-0.25, -0.2) is 0 Å². The van der Waals surface area contributed by atoms with E-state index in [2.05, 4.69) is 0 Å². The SMILES string of the molecule is O=C1C(=O)c2ccccc2C(O)=C1C[C]1[CH][CH][CH][CH]1. The fourth-order valence-electron chi connectivity index (χ4n) is 2.32. The van der Waals surface area contributed by atoms with Crippen molar-refractivity contribution in [2.45, 2.75) is 6.42 Å². The van der Waals surface area contributed by atoms with Gasteiger partial charge in [0.05, 0.1) is 0 Å². The first-order chi connectivity index (χ1) is 9.18. The van der Waals surface area contributed by atoms with Crippen LogP contribution >= 0.6 is 0 Å². The number of aliphatic hydroxyl groups excluding tert-OH is 1. The second kappa shape index (κ2) is 4.65. The molecule has 3 rings (SSSR count). The van der Waals surface area contributed by atoms with Crippen LogP contribution in [-0.2, 0) is 4.79 Å². The van der Waals surface area contributed by atoms with Gasteiger partial charge in [-0.15, -0.1) is 0 Å². The number of rotatable bonds is 2. The summed E-state index contributed by atoms with van der Waals surface area (Å²) in [5, 5.41) is 10.2. The molecular formula is C16H11O3. The summed E-state index contributed by atoms with van der Waals surface area (Å²) in [6.07, 6.45) is 7.71. The molecule has 1 aromatic rings. The summed E-state index contributed by atoms with van der Waals surface area (Å²) in [5.74, 6) is -0.337. The molecule has 0 unspecified atom stereocenters. The highest BCUT2D eigenvalue weighted by atomic mass is 16.3. The van der Waals surface area contributed by atoms with Crippen molar-refractivity contribution in [3.63, 3.8) is 0 Å². The number of benzene rings is 1. The van der Waals surface area contributed by atoms with E-state index in [9.17, 15) is 14.7 Å². The van der Waals surface area contributed by atoms with E-state index < -0.39 is 11.6 Å². The lowest BCUT2D eigenvalue weighted by atomic mass is 9.84. The van der Waals surface area contributed by atoms with Gasteiger partial charge in [-0.05, 0) is 38.0 Å². The zero-order valence-corrected chi connectivity index (χ0v) is 10.1. The van der Waals surface area contributed by atoms with Gasteiger partial charge in [-0.2, -0.15) is 0 Å². The predicted molar refractivity (Wildman–Crippen MR) is 70.4 cm³/mol. The van der Waals surface area contributed by atoms with Gasteiger partial charge in [0.25, 0.3) is 0 Å². The Labute approximate surface area is 111 Å². The highest BCUT2D eigenvalue weighted by molar-refractivity contribution is 6.52. The first-order valence-corrected chi connectivity index (χ1v) is 5.99. The van der Waals surface area contributed by atoms with Crippen molar-refractivity contribution in [1.29, 1.82) is 0 Å². The molecule has 0 aromatic heterocycles. The van der Waals surface area contributed by atoms with Gasteiger partial charge in [-0.1, -0.05) is 24.3 Å². The van der Waals surface area contributed by atoms with Crippen LogP contribution in [0, 0.1) is 31.6 Å². The average Bonchev–Trinajstić information content (AvgIpc) is 2.94. The first kappa shape index (κ1) is 12.2. The largest absolute Gasteiger partial charge is 0.507 e. The van der Waals surface area contributed by atoms with Crippen LogP contribution in [0.25, 0.3) is 5.76 Å². The third-order valence-corrected chi connectivity index (χ3v) is 3.31. The fraction of sp³-hybridized carbons (Fsp3) is 0.0625. The van der Waals surface area contributed by atoms with Crippen molar-refractivity contribution in [3.05, 3.63) is 72.6 Å². The Morgan fingerprint density at radius 1 is 0.895 bits per heavy atom. The van der Waals surface area contributed by atoms with Crippen LogP contribution in [0.4, 0.5) is 0 Å². The van der Waals surface area contributed by atoms with Gasteiger partial charge in [0, 0.05) is 16.7 Å². The molecule has 0 aliphatic heterocycles. The van der Waals surface area contributed by atoms with Gasteiger partial charge in [-0.3, -0.25) is 9.59 Å². The number of carbonyl (C=O) groups excluding carboxylic acids is 2.